The second-order valence-corrected chi connectivity index (χ2v) is 11.7. The molecule has 0 radical (unpaired) electrons. The topological polar surface area (TPSA) is 138 Å². The lowest BCUT2D eigenvalue weighted by Gasteiger charge is -2.13. The van der Waals surface area contributed by atoms with E-state index in [-0.39, 0.29) is 34.2 Å². The SMILES string of the molecule is COc1ccc2nc(S(=O)Cc3ncc(C)c(OC)c3C)n(S(=O)(=O)c3ccc(CCC(=O)O)cc3)c2c1. The Bertz CT molecular complexity index is 1650. The number of fused-ring (bicyclic) bond motifs is 1. The van der Waals surface area contributed by atoms with Gasteiger partial charge in [-0.1, -0.05) is 12.1 Å². The van der Waals surface area contributed by atoms with Crippen LogP contribution in [0.25, 0.3) is 11.0 Å². The molecule has 2 aromatic carbocycles. The van der Waals surface area contributed by atoms with Gasteiger partial charge < -0.3 is 14.6 Å². The number of aryl methyl sites for hydroxylation is 2. The molecule has 38 heavy (non-hydrogen) atoms. The van der Waals surface area contributed by atoms with Crippen molar-refractivity contribution >= 4 is 37.8 Å². The number of carboxylic acid groups (broad SMARTS) is 1. The van der Waals surface area contributed by atoms with Crippen LogP contribution >= 0.6 is 0 Å². The van der Waals surface area contributed by atoms with E-state index in [1.54, 1.807) is 37.6 Å². The molecule has 0 aliphatic rings. The highest BCUT2D eigenvalue weighted by Gasteiger charge is 2.28. The van der Waals surface area contributed by atoms with Gasteiger partial charge in [0.05, 0.1) is 52.4 Å². The number of imidazole rings is 1. The Morgan fingerprint density at radius 3 is 2.42 bits per heavy atom. The third kappa shape index (κ3) is 5.27. The predicted octanol–water partition coefficient (Wildman–Crippen LogP) is 3.63. The van der Waals surface area contributed by atoms with Gasteiger partial charge in [-0.25, -0.2) is 17.4 Å². The van der Waals surface area contributed by atoms with E-state index in [0.717, 1.165) is 9.54 Å². The van der Waals surface area contributed by atoms with Crippen LogP contribution in [0.2, 0.25) is 0 Å². The Labute approximate surface area is 222 Å². The number of hydrogen-bond acceptors (Lipinski definition) is 8. The lowest BCUT2D eigenvalue weighted by molar-refractivity contribution is -0.136. The van der Waals surface area contributed by atoms with Crippen LogP contribution in [0.15, 0.2) is 58.7 Å². The Morgan fingerprint density at radius 1 is 1.08 bits per heavy atom. The van der Waals surface area contributed by atoms with Crippen LogP contribution in [0.5, 0.6) is 11.5 Å². The molecule has 1 atom stereocenters. The molecule has 0 saturated heterocycles. The molecule has 0 aliphatic heterocycles. The normalized spacial score (nSPS) is 12.4. The summed E-state index contributed by atoms with van der Waals surface area (Å²) in [5, 5.41) is 8.77. The molecule has 0 bridgehead atoms. The average molecular weight is 558 g/mol. The maximum atomic E-state index is 13.9. The number of carbonyl (C=O) groups is 1. The van der Waals surface area contributed by atoms with Crippen molar-refractivity contribution in [3.8, 4) is 11.5 Å². The van der Waals surface area contributed by atoms with Crippen LogP contribution in [0.1, 0.15) is 28.8 Å². The van der Waals surface area contributed by atoms with E-state index in [1.807, 2.05) is 13.8 Å². The van der Waals surface area contributed by atoms with Crippen LogP contribution in [-0.2, 0) is 37.8 Å². The lowest BCUT2D eigenvalue weighted by atomic mass is 10.1. The van der Waals surface area contributed by atoms with Gasteiger partial charge in [-0.05, 0) is 50.1 Å². The van der Waals surface area contributed by atoms with Crippen molar-refractivity contribution in [2.75, 3.05) is 14.2 Å². The minimum absolute atomic E-state index is 0.0525. The molecule has 4 aromatic rings. The molecular weight excluding hydrogens is 530 g/mol. The first-order valence-corrected chi connectivity index (χ1v) is 14.3. The van der Waals surface area contributed by atoms with Gasteiger partial charge in [-0.15, -0.1) is 0 Å². The van der Waals surface area contributed by atoms with E-state index in [4.69, 9.17) is 14.6 Å². The minimum Gasteiger partial charge on any atom is -0.497 e. The standard InChI is InChI=1S/C26H27N3O7S2/c1-16-14-27-22(17(2)25(16)36-4)15-37(32)26-28-21-11-8-19(35-3)13-23(21)29(26)38(33,34)20-9-5-18(6-10-20)7-12-24(30)31/h5-6,8-11,13-14H,7,12,15H2,1-4H3,(H,30,31). The van der Waals surface area contributed by atoms with E-state index < -0.39 is 26.8 Å². The van der Waals surface area contributed by atoms with E-state index in [2.05, 4.69) is 9.97 Å². The molecule has 0 amide bonds. The number of pyridine rings is 1. The van der Waals surface area contributed by atoms with E-state index >= 15 is 0 Å². The summed E-state index contributed by atoms with van der Waals surface area (Å²) >= 11 is 0. The number of carboxylic acids is 1. The molecule has 10 nitrogen and oxygen atoms in total. The third-order valence-electron chi connectivity index (χ3n) is 6.10. The molecule has 2 heterocycles. The molecule has 12 heteroatoms. The highest BCUT2D eigenvalue weighted by Crippen LogP contribution is 2.30. The van der Waals surface area contributed by atoms with Crippen LogP contribution in [0, 0.1) is 13.8 Å². The quantitative estimate of drug-likeness (QED) is 0.310. The van der Waals surface area contributed by atoms with E-state index in [1.165, 1.54) is 25.3 Å². The lowest BCUT2D eigenvalue weighted by Crippen LogP contribution is -2.18. The van der Waals surface area contributed by atoms with Gasteiger partial charge >= 0.3 is 5.97 Å². The van der Waals surface area contributed by atoms with Crippen molar-refractivity contribution in [3.05, 3.63) is 71.0 Å². The van der Waals surface area contributed by atoms with Crippen molar-refractivity contribution in [2.45, 2.75) is 42.5 Å². The Morgan fingerprint density at radius 2 is 1.79 bits per heavy atom. The molecule has 0 saturated carbocycles. The molecule has 4 rings (SSSR count). The third-order valence-corrected chi connectivity index (χ3v) is 9.15. The first-order valence-electron chi connectivity index (χ1n) is 11.6. The first-order chi connectivity index (χ1) is 18.1. The average Bonchev–Trinajstić information content (AvgIpc) is 3.29. The maximum Gasteiger partial charge on any atom is 0.303 e. The predicted molar refractivity (Wildman–Crippen MR) is 142 cm³/mol. The fourth-order valence-corrected chi connectivity index (χ4v) is 7.14. The first kappa shape index (κ1) is 27.3. The number of ether oxygens (including phenoxy) is 2. The number of benzene rings is 2. The van der Waals surface area contributed by atoms with Crippen molar-refractivity contribution in [2.24, 2.45) is 0 Å². The van der Waals surface area contributed by atoms with Gasteiger partial charge in [0.15, 0.2) is 0 Å². The molecule has 0 spiro atoms. The number of aromatic nitrogens is 3. The van der Waals surface area contributed by atoms with Crippen LogP contribution in [0.3, 0.4) is 0 Å². The van der Waals surface area contributed by atoms with Crippen LogP contribution < -0.4 is 9.47 Å². The molecule has 2 aromatic heterocycles. The largest absolute Gasteiger partial charge is 0.497 e. The Hall–Kier alpha value is -3.77. The molecule has 0 fully saturated rings. The van der Waals surface area contributed by atoms with Gasteiger partial charge in [0.25, 0.3) is 10.0 Å². The second-order valence-electron chi connectivity index (χ2n) is 8.59. The zero-order chi connectivity index (χ0) is 27.6. The summed E-state index contributed by atoms with van der Waals surface area (Å²) in [7, 11) is -3.14. The van der Waals surface area contributed by atoms with Crippen molar-refractivity contribution in [1.82, 2.24) is 13.9 Å². The van der Waals surface area contributed by atoms with E-state index in [9.17, 15) is 17.4 Å². The smallest absolute Gasteiger partial charge is 0.303 e. The molecule has 1 N–H and O–H groups in total. The second kappa shape index (κ2) is 10.9. The fraction of sp³-hybridized carbons (Fsp3) is 0.269. The number of nitrogens with zero attached hydrogens (tertiary/aromatic N) is 3. The maximum absolute atomic E-state index is 13.9. The summed E-state index contributed by atoms with van der Waals surface area (Å²) in [6.45, 7) is 3.66. The highest BCUT2D eigenvalue weighted by atomic mass is 32.2. The van der Waals surface area contributed by atoms with Crippen molar-refractivity contribution < 1.29 is 32.0 Å². The van der Waals surface area contributed by atoms with Crippen molar-refractivity contribution in [3.63, 3.8) is 0 Å². The van der Waals surface area contributed by atoms with Gasteiger partial charge in [0.2, 0.25) is 5.16 Å². The number of rotatable bonds is 10. The molecule has 200 valence electrons. The highest BCUT2D eigenvalue weighted by molar-refractivity contribution is 7.91. The molecule has 0 aliphatic carbocycles. The monoisotopic (exact) mass is 557 g/mol. The van der Waals surface area contributed by atoms with Crippen LogP contribution in [-0.4, -0.2) is 51.9 Å². The fourth-order valence-electron chi connectivity index (χ4n) is 4.10. The molecular formula is C26H27N3O7S2. The van der Waals surface area contributed by atoms with Crippen LogP contribution in [0.4, 0.5) is 0 Å². The summed E-state index contributed by atoms with van der Waals surface area (Å²) < 4.78 is 53.2. The zero-order valence-electron chi connectivity index (χ0n) is 21.3. The van der Waals surface area contributed by atoms with Gasteiger partial charge in [0, 0.05) is 29.8 Å². The summed E-state index contributed by atoms with van der Waals surface area (Å²) in [5.41, 5.74) is 3.28. The summed E-state index contributed by atoms with van der Waals surface area (Å²) in [5.74, 6) is 0.0208. The minimum atomic E-state index is -4.25. The number of hydrogen-bond donors (Lipinski definition) is 1. The number of methoxy groups -OCH3 is 2. The number of aliphatic carboxylic acids is 1. The molecule has 1 unspecified atom stereocenters. The van der Waals surface area contributed by atoms with E-state index in [0.29, 0.717) is 33.8 Å². The van der Waals surface area contributed by atoms with Gasteiger partial charge in [0.1, 0.15) is 11.5 Å². The summed E-state index contributed by atoms with van der Waals surface area (Å²) in [4.78, 5) is 19.7. The van der Waals surface area contributed by atoms with Gasteiger partial charge in [-0.3, -0.25) is 14.0 Å². The summed E-state index contributed by atoms with van der Waals surface area (Å²) in [6, 6.07) is 10.7. The Balaban J connectivity index is 1.82. The van der Waals surface area contributed by atoms with Crippen molar-refractivity contribution in [1.29, 1.82) is 0 Å². The Kier molecular flexibility index (Phi) is 7.83. The van der Waals surface area contributed by atoms with Gasteiger partial charge in [-0.2, -0.15) is 0 Å². The summed E-state index contributed by atoms with van der Waals surface area (Å²) in [6.07, 6.45) is 1.82. The zero-order valence-corrected chi connectivity index (χ0v) is 22.9.